The molecule has 1 atom stereocenters. The summed E-state index contributed by atoms with van der Waals surface area (Å²) in [6.45, 7) is 7.95. The SMILES string of the molecule is Cc1ccc(CN(C)CC(=O)Nc2c(C#N)c(C)c(C)n2C[C@@H]2CCCO2)o1. The van der Waals surface area contributed by atoms with Crippen LogP contribution in [-0.4, -0.2) is 41.7 Å². The lowest BCUT2D eigenvalue weighted by Gasteiger charge is -2.18. The Balaban J connectivity index is 1.71. The Morgan fingerprint density at radius 3 is 2.79 bits per heavy atom. The van der Waals surface area contributed by atoms with Crippen LogP contribution in [0.5, 0.6) is 0 Å². The van der Waals surface area contributed by atoms with Crippen molar-refractivity contribution in [3.05, 3.63) is 40.5 Å². The lowest BCUT2D eigenvalue weighted by atomic mass is 10.2. The van der Waals surface area contributed by atoms with Crippen molar-refractivity contribution in [3.63, 3.8) is 0 Å². The normalized spacial score (nSPS) is 16.5. The van der Waals surface area contributed by atoms with Crippen molar-refractivity contribution < 1.29 is 13.9 Å². The number of nitrogens with zero attached hydrogens (tertiary/aromatic N) is 3. The highest BCUT2D eigenvalue weighted by Gasteiger charge is 2.24. The molecule has 2 aromatic heterocycles. The van der Waals surface area contributed by atoms with Gasteiger partial charge < -0.3 is 19.0 Å². The van der Waals surface area contributed by atoms with E-state index >= 15 is 0 Å². The number of furan rings is 1. The summed E-state index contributed by atoms with van der Waals surface area (Å²) in [5.41, 5.74) is 2.41. The summed E-state index contributed by atoms with van der Waals surface area (Å²) in [5, 5.41) is 12.6. The molecule has 0 aromatic carbocycles. The minimum atomic E-state index is -0.159. The van der Waals surface area contributed by atoms with Gasteiger partial charge in [-0.25, -0.2) is 0 Å². The molecule has 1 N–H and O–H groups in total. The van der Waals surface area contributed by atoms with Crippen molar-refractivity contribution in [2.24, 2.45) is 0 Å². The number of hydrogen-bond donors (Lipinski definition) is 1. The average Bonchev–Trinajstić information content (AvgIpc) is 3.34. The topological polar surface area (TPSA) is 83.4 Å². The van der Waals surface area contributed by atoms with Crippen LogP contribution in [0.3, 0.4) is 0 Å². The third-order valence-electron chi connectivity index (χ3n) is 5.24. The van der Waals surface area contributed by atoms with Gasteiger partial charge in [-0.15, -0.1) is 0 Å². The third kappa shape index (κ3) is 4.46. The highest BCUT2D eigenvalue weighted by atomic mass is 16.5. The van der Waals surface area contributed by atoms with E-state index in [1.54, 1.807) is 0 Å². The van der Waals surface area contributed by atoms with Crippen LogP contribution < -0.4 is 5.32 Å². The number of likely N-dealkylation sites (N-methyl/N-ethyl adjacent to an activating group) is 1. The second-order valence-electron chi connectivity index (χ2n) is 7.52. The van der Waals surface area contributed by atoms with Crippen molar-refractivity contribution in [1.82, 2.24) is 9.47 Å². The second-order valence-corrected chi connectivity index (χ2v) is 7.52. The molecule has 0 aliphatic carbocycles. The van der Waals surface area contributed by atoms with Gasteiger partial charge >= 0.3 is 0 Å². The first-order valence-electron chi connectivity index (χ1n) is 9.64. The molecule has 1 aliphatic heterocycles. The molecule has 0 spiro atoms. The Bertz CT molecular complexity index is 884. The van der Waals surface area contributed by atoms with E-state index < -0.39 is 0 Å². The van der Waals surface area contributed by atoms with E-state index in [1.165, 1.54) is 0 Å². The van der Waals surface area contributed by atoms with Crippen molar-refractivity contribution >= 4 is 11.7 Å². The lowest BCUT2D eigenvalue weighted by molar-refractivity contribution is -0.117. The summed E-state index contributed by atoms with van der Waals surface area (Å²) in [6.07, 6.45) is 2.17. The summed E-state index contributed by atoms with van der Waals surface area (Å²) in [7, 11) is 1.87. The van der Waals surface area contributed by atoms with Crippen molar-refractivity contribution in [2.75, 3.05) is 25.5 Å². The molecule has 1 fully saturated rings. The number of rotatable bonds is 7. The van der Waals surface area contributed by atoms with Gasteiger partial charge in [-0.1, -0.05) is 0 Å². The van der Waals surface area contributed by atoms with E-state index in [0.29, 0.717) is 24.5 Å². The molecule has 0 radical (unpaired) electrons. The smallest absolute Gasteiger partial charge is 0.239 e. The van der Waals surface area contributed by atoms with E-state index in [-0.39, 0.29) is 18.6 Å². The van der Waals surface area contributed by atoms with Gasteiger partial charge in [0.1, 0.15) is 23.4 Å². The van der Waals surface area contributed by atoms with Gasteiger partial charge in [0.25, 0.3) is 0 Å². The number of nitriles is 1. The molecule has 28 heavy (non-hydrogen) atoms. The van der Waals surface area contributed by atoms with Gasteiger partial charge in [-0.3, -0.25) is 9.69 Å². The van der Waals surface area contributed by atoms with Crippen LogP contribution in [0, 0.1) is 32.1 Å². The average molecular weight is 384 g/mol. The number of aryl methyl sites for hydroxylation is 1. The zero-order valence-corrected chi connectivity index (χ0v) is 17.0. The minimum absolute atomic E-state index is 0.123. The van der Waals surface area contributed by atoms with Gasteiger partial charge in [-0.05, 0) is 58.4 Å². The molecule has 0 bridgehead atoms. The zero-order valence-electron chi connectivity index (χ0n) is 17.0. The van der Waals surface area contributed by atoms with E-state index in [2.05, 4.69) is 11.4 Å². The summed E-state index contributed by atoms with van der Waals surface area (Å²) >= 11 is 0. The first kappa shape index (κ1) is 20.2. The van der Waals surface area contributed by atoms with E-state index in [1.807, 2.05) is 49.4 Å². The third-order valence-corrected chi connectivity index (χ3v) is 5.24. The molecule has 0 saturated carbocycles. The number of nitrogens with one attached hydrogen (secondary N) is 1. The van der Waals surface area contributed by atoms with Gasteiger partial charge in [0.2, 0.25) is 5.91 Å². The Morgan fingerprint density at radius 1 is 1.39 bits per heavy atom. The van der Waals surface area contributed by atoms with Crippen molar-refractivity contribution in [3.8, 4) is 6.07 Å². The van der Waals surface area contributed by atoms with Crippen LogP contribution in [0.2, 0.25) is 0 Å². The van der Waals surface area contributed by atoms with Crippen LogP contribution in [0.4, 0.5) is 5.82 Å². The Hall–Kier alpha value is -2.56. The first-order chi connectivity index (χ1) is 13.4. The van der Waals surface area contributed by atoms with E-state index in [9.17, 15) is 10.1 Å². The second kappa shape index (κ2) is 8.63. The van der Waals surface area contributed by atoms with Crippen LogP contribution in [0.1, 0.15) is 41.2 Å². The largest absolute Gasteiger partial charge is 0.465 e. The number of ether oxygens (including phenoxy) is 1. The Morgan fingerprint density at radius 2 is 2.18 bits per heavy atom. The molecule has 1 aliphatic rings. The summed E-state index contributed by atoms with van der Waals surface area (Å²) in [5.74, 6) is 2.08. The fourth-order valence-electron chi connectivity index (χ4n) is 3.66. The standard InChI is InChI=1S/C21H28N4O3/c1-14-7-8-18(28-14)11-24(4)13-20(26)23-21-19(10-22)15(2)16(3)25(21)12-17-6-5-9-27-17/h7-8,17H,5-6,9,11-13H2,1-4H3,(H,23,26)/t17-/m0/s1. The molecular weight excluding hydrogens is 356 g/mol. The maximum atomic E-state index is 12.7. The number of aromatic nitrogens is 1. The quantitative estimate of drug-likeness (QED) is 0.793. The lowest BCUT2D eigenvalue weighted by Crippen LogP contribution is -2.31. The predicted octanol–water partition coefficient (Wildman–Crippen LogP) is 3.13. The highest BCUT2D eigenvalue weighted by Crippen LogP contribution is 2.28. The molecule has 3 rings (SSSR count). The van der Waals surface area contributed by atoms with Crippen LogP contribution in [0.25, 0.3) is 0 Å². The van der Waals surface area contributed by atoms with Crippen LogP contribution >= 0.6 is 0 Å². The molecule has 1 amide bonds. The molecule has 2 aromatic rings. The van der Waals surface area contributed by atoms with Crippen molar-refractivity contribution in [2.45, 2.75) is 52.8 Å². The van der Waals surface area contributed by atoms with Gasteiger partial charge in [0.15, 0.2) is 0 Å². The monoisotopic (exact) mass is 384 g/mol. The molecule has 7 nitrogen and oxygen atoms in total. The van der Waals surface area contributed by atoms with Gasteiger partial charge in [0, 0.05) is 12.3 Å². The predicted molar refractivity (Wildman–Crippen MR) is 106 cm³/mol. The summed E-state index contributed by atoms with van der Waals surface area (Å²) in [4.78, 5) is 14.5. The van der Waals surface area contributed by atoms with Crippen molar-refractivity contribution in [1.29, 1.82) is 5.26 Å². The Kier molecular flexibility index (Phi) is 6.22. The number of hydrogen-bond acceptors (Lipinski definition) is 5. The Labute approximate surface area is 165 Å². The summed E-state index contributed by atoms with van der Waals surface area (Å²) < 4.78 is 13.3. The number of anilines is 1. The summed E-state index contributed by atoms with van der Waals surface area (Å²) in [6, 6.07) is 6.07. The van der Waals surface area contributed by atoms with Gasteiger partial charge in [-0.2, -0.15) is 5.26 Å². The van der Waals surface area contributed by atoms with E-state index in [4.69, 9.17) is 9.15 Å². The number of carbonyl (C=O) groups is 1. The van der Waals surface area contributed by atoms with Crippen LogP contribution in [-0.2, 0) is 22.6 Å². The highest BCUT2D eigenvalue weighted by molar-refractivity contribution is 5.93. The molecule has 1 saturated heterocycles. The van der Waals surface area contributed by atoms with Crippen LogP contribution in [0.15, 0.2) is 16.5 Å². The zero-order chi connectivity index (χ0) is 20.3. The maximum absolute atomic E-state index is 12.7. The number of carbonyl (C=O) groups excluding carboxylic acids is 1. The maximum Gasteiger partial charge on any atom is 0.239 e. The fourth-order valence-corrected chi connectivity index (χ4v) is 3.66. The first-order valence-corrected chi connectivity index (χ1v) is 9.64. The van der Waals surface area contributed by atoms with Gasteiger partial charge in [0.05, 0.1) is 31.3 Å². The number of amides is 1. The van der Waals surface area contributed by atoms with E-state index in [0.717, 1.165) is 42.2 Å². The molecule has 0 unspecified atom stereocenters. The molecular formula is C21H28N4O3. The molecule has 7 heteroatoms. The molecule has 3 heterocycles. The fraction of sp³-hybridized carbons (Fsp3) is 0.524. The molecule has 150 valence electrons. The minimum Gasteiger partial charge on any atom is -0.465 e.